The van der Waals surface area contributed by atoms with E-state index in [1.807, 2.05) is 18.2 Å². The van der Waals surface area contributed by atoms with Crippen LogP contribution in [0.4, 0.5) is 11.4 Å². The number of amides is 1. The van der Waals surface area contributed by atoms with Gasteiger partial charge in [-0.3, -0.25) is 4.79 Å². The van der Waals surface area contributed by atoms with Crippen molar-refractivity contribution in [2.45, 2.75) is 6.42 Å². The van der Waals surface area contributed by atoms with Crippen LogP contribution in [0.25, 0.3) is 0 Å². The number of rotatable bonds is 2. The molecular formula is C17H18N2O2. The first-order valence-corrected chi connectivity index (χ1v) is 7.03. The van der Waals surface area contributed by atoms with Crippen molar-refractivity contribution in [1.82, 2.24) is 0 Å². The number of fused-ring (bicyclic) bond motifs is 1. The monoisotopic (exact) mass is 282 g/mol. The average molecular weight is 282 g/mol. The molecule has 1 atom stereocenters. The van der Waals surface area contributed by atoms with Crippen molar-refractivity contribution < 1.29 is 9.90 Å². The highest BCUT2D eigenvalue weighted by Gasteiger charge is 2.27. The Morgan fingerprint density at radius 2 is 1.90 bits per heavy atom. The van der Waals surface area contributed by atoms with Gasteiger partial charge < -0.3 is 15.3 Å². The third-order valence-corrected chi connectivity index (χ3v) is 3.94. The molecule has 0 bridgehead atoms. The lowest BCUT2D eigenvalue weighted by Crippen LogP contribution is -2.39. The molecule has 2 aromatic carbocycles. The van der Waals surface area contributed by atoms with Gasteiger partial charge in [0.1, 0.15) is 5.75 Å². The zero-order valence-corrected chi connectivity index (χ0v) is 11.9. The van der Waals surface area contributed by atoms with Crippen molar-refractivity contribution in [3.05, 3.63) is 54.1 Å². The fourth-order valence-corrected chi connectivity index (χ4v) is 2.69. The fraction of sp³-hybridized carbons (Fsp3) is 0.235. The van der Waals surface area contributed by atoms with E-state index in [-0.39, 0.29) is 17.6 Å². The second-order valence-corrected chi connectivity index (χ2v) is 5.35. The Bertz CT molecular complexity index is 652. The maximum Gasteiger partial charge on any atom is 0.231 e. The van der Waals surface area contributed by atoms with Gasteiger partial charge in [-0.2, -0.15) is 0 Å². The topological polar surface area (TPSA) is 52.6 Å². The van der Waals surface area contributed by atoms with Crippen LogP contribution >= 0.6 is 0 Å². The maximum absolute atomic E-state index is 12.6. The summed E-state index contributed by atoms with van der Waals surface area (Å²) in [7, 11) is 1.77. The second kappa shape index (κ2) is 5.48. The van der Waals surface area contributed by atoms with E-state index in [1.165, 1.54) is 5.56 Å². The summed E-state index contributed by atoms with van der Waals surface area (Å²) in [5.41, 5.74) is 3.09. The van der Waals surface area contributed by atoms with E-state index < -0.39 is 0 Å². The first-order valence-electron chi connectivity index (χ1n) is 7.03. The van der Waals surface area contributed by atoms with Crippen molar-refractivity contribution in [3.63, 3.8) is 0 Å². The molecule has 0 saturated heterocycles. The van der Waals surface area contributed by atoms with E-state index >= 15 is 0 Å². The van der Waals surface area contributed by atoms with Gasteiger partial charge in [-0.05, 0) is 42.3 Å². The number of phenolic OH excluding ortho intramolecular Hbond substituents is 1. The smallest absolute Gasteiger partial charge is 0.231 e. The number of hydrogen-bond donors (Lipinski definition) is 2. The number of hydrogen-bond acceptors (Lipinski definition) is 3. The van der Waals surface area contributed by atoms with Crippen LogP contribution < -0.4 is 10.2 Å². The fourth-order valence-electron chi connectivity index (χ4n) is 2.69. The predicted octanol–water partition coefficient (Wildman–Crippen LogP) is 2.64. The van der Waals surface area contributed by atoms with Gasteiger partial charge in [0.25, 0.3) is 0 Å². The van der Waals surface area contributed by atoms with E-state index in [2.05, 4.69) is 11.4 Å². The van der Waals surface area contributed by atoms with Crippen LogP contribution in [0, 0.1) is 5.92 Å². The molecule has 3 rings (SSSR count). The summed E-state index contributed by atoms with van der Waals surface area (Å²) in [5, 5.41) is 12.6. The third-order valence-electron chi connectivity index (χ3n) is 3.94. The zero-order chi connectivity index (χ0) is 14.8. The van der Waals surface area contributed by atoms with Gasteiger partial charge in [0.05, 0.1) is 5.92 Å². The SMILES string of the molecule is CN(C(=O)C1CNc2ccccc2C1)c1ccc(O)cc1. The molecule has 1 aliphatic rings. The molecule has 0 spiro atoms. The summed E-state index contributed by atoms with van der Waals surface area (Å²) in [5.74, 6) is 0.217. The van der Waals surface area contributed by atoms with Crippen LogP contribution in [0.5, 0.6) is 5.75 Å². The molecule has 0 fully saturated rings. The Morgan fingerprint density at radius 1 is 1.19 bits per heavy atom. The highest BCUT2D eigenvalue weighted by molar-refractivity contribution is 5.95. The maximum atomic E-state index is 12.6. The van der Waals surface area contributed by atoms with Crippen LogP contribution in [-0.4, -0.2) is 24.6 Å². The number of aromatic hydroxyl groups is 1. The van der Waals surface area contributed by atoms with Crippen LogP contribution in [0.2, 0.25) is 0 Å². The molecule has 1 heterocycles. The number of carbonyl (C=O) groups is 1. The van der Waals surface area contributed by atoms with Crippen molar-refractivity contribution in [2.24, 2.45) is 5.92 Å². The van der Waals surface area contributed by atoms with Crippen LogP contribution in [0.3, 0.4) is 0 Å². The van der Waals surface area contributed by atoms with Crippen molar-refractivity contribution in [3.8, 4) is 5.75 Å². The summed E-state index contributed by atoms with van der Waals surface area (Å²) in [6.07, 6.45) is 0.754. The number of nitrogens with one attached hydrogen (secondary N) is 1. The summed E-state index contributed by atoms with van der Waals surface area (Å²) in [4.78, 5) is 14.3. The molecule has 4 heteroatoms. The number of benzene rings is 2. The van der Waals surface area contributed by atoms with Gasteiger partial charge in [0, 0.05) is 25.0 Å². The molecule has 4 nitrogen and oxygen atoms in total. The van der Waals surface area contributed by atoms with Crippen LogP contribution in [0.1, 0.15) is 5.56 Å². The van der Waals surface area contributed by atoms with Gasteiger partial charge in [-0.15, -0.1) is 0 Å². The molecule has 1 amide bonds. The molecule has 0 radical (unpaired) electrons. The molecule has 2 N–H and O–H groups in total. The van der Waals surface area contributed by atoms with Gasteiger partial charge in [0.2, 0.25) is 5.91 Å². The number of anilines is 2. The second-order valence-electron chi connectivity index (χ2n) is 5.35. The lowest BCUT2D eigenvalue weighted by molar-refractivity contribution is -0.121. The quantitative estimate of drug-likeness (QED) is 0.890. The Balaban J connectivity index is 1.75. The highest BCUT2D eigenvalue weighted by Crippen LogP contribution is 2.26. The largest absolute Gasteiger partial charge is 0.508 e. The molecule has 1 aliphatic heterocycles. The summed E-state index contributed by atoms with van der Waals surface area (Å²) < 4.78 is 0. The van der Waals surface area contributed by atoms with E-state index in [0.717, 1.165) is 17.8 Å². The molecule has 21 heavy (non-hydrogen) atoms. The van der Waals surface area contributed by atoms with Gasteiger partial charge in [-0.1, -0.05) is 18.2 Å². The number of carbonyl (C=O) groups excluding carboxylic acids is 1. The first-order chi connectivity index (χ1) is 10.1. The van der Waals surface area contributed by atoms with Gasteiger partial charge in [-0.25, -0.2) is 0 Å². The standard InChI is InChI=1S/C17H18N2O2/c1-19(14-6-8-15(20)9-7-14)17(21)13-10-12-4-2-3-5-16(12)18-11-13/h2-9,13,18,20H,10-11H2,1H3. The molecular weight excluding hydrogens is 264 g/mol. The minimum absolute atomic E-state index is 0.0706. The van der Waals surface area contributed by atoms with E-state index in [9.17, 15) is 9.90 Å². The van der Waals surface area contributed by atoms with Crippen LogP contribution in [0.15, 0.2) is 48.5 Å². The molecule has 0 aromatic heterocycles. The van der Waals surface area contributed by atoms with Crippen molar-refractivity contribution in [1.29, 1.82) is 0 Å². The predicted molar refractivity (Wildman–Crippen MR) is 83.6 cm³/mol. The van der Waals surface area contributed by atoms with Gasteiger partial charge >= 0.3 is 0 Å². The normalized spacial score (nSPS) is 16.7. The minimum atomic E-state index is -0.0706. The molecule has 0 saturated carbocycles. The van der Waals surface area contributed by atoms with Crippen molar-refractivity contribution in [2.75, 3.05) is 23.8 Å². The molecule has 108 valence electrons. The lowest BCUT2D eigenvalue weighted by atomic mass is 9.93. The van der Waals surface area contributed by atoms with Gasteiger partial charge in [0.15, 0.2) is 0 Å². The summed E-state index contributed by atoms with van der Waals surface area (Å²) >= 11 is 0. The number of phenols is 1. The van der Waals surface area contributed by atoms with E-state index in [1.54, 1.807) is 36.2 Å². The van der Waals surface area contributed by atoms with E-state index in [0.29, 0.717) is 6.54 Å². The minimum Gasteiger partial charge on any atom is -0.508 e. The molecule has 0 aliphatic carbocycles. The Kier molecular flexibility index (Phi) is 3.52. The first kappa shape index (κ1) is 13.5. The molecule has 2 aromatic rings. The zero-order valence-electron chi connectivity index (χ0n) is 11.9. The van der Waals surface area contributed by atoms with Crippen molar-refractivity contribution >= 4 is 17.3 Å². The highest BCUT2D eigenvalue weighted by atomic mass is 16.3. The number of para-hydroxylation sites is 1. The average Bonchev–Trinajstić information content (AvgIpc) is 2.54. The summed E-state index contributed by atoms with van der Waals surface area (Å²) in [6.45, 7) is 0.651. The third kappa shape index (κ3) is 2.70. The lowest BCUT2D eigenvalue weighted by Gasteiger charge is -2.29. The number of nitrogens with zero attached hydrogens (tertiary/aromatic N) is 1. The van der Waals surface area contributed by atoms with Crippen LogP contribution in [-0.2, 0) is 11.2 Å². The Morgan fingerprint density at radius 3 is 2.67 bits per heavy atom. The Hall–Kier alpha value is -2.49. The Labute approximate surface area is 124 Å². The van der Waals surface area contributed by atoms with E-state index in [4.69, 9.17) is 0 Å². The molecule has 1 unspecified atom stereocenters. The summed E-state index contributed by atoms with van der Waals surface area (Å²) in [6, 6.07) is 14.8.